The van der Waals surface area contributed by atoms with E-state index in [9.17, 15) is 4.79 Å². The van der Waals surface area contributed by atoms with E-state index in [2.05, 4.69) is 35.6 Å². The maximum absolute atomic E-state index is 12.0. The van der Waals surface area contributed by atoms with Gasteiger partial charge in [-0.2, -0.15) is 0 Å². The fourth-order valence-electron chi connectivity index (χ4n) is 3.68. The zero-order valence-electron chi connectivity index (χ0n) is 13.7. The highest BCUT2D eigenvalue weighted by Gasteiger charge is 2.29. The van der Waals surface area contributed by atoms with Crippen molar-refractivity contribution in [3.63, 3.8) is 0 Å². The molecule has 1 atom stereocenters. The van der Waals surface area contributed by atoms with Crippen LogP contribution in [0.5, 0.6) is 0 Å². The minimum Gasteiger partial charge on any atom is -0.355 e. The van der Waals surface area contributed by atoms with E-state index in [1.165, 1.54) is 44.1 Å². The van der Waals surface area contributed by atoms with Gasteiger partial charge in [0.2, 0.25) is 5.91 Å². The number of amides is 1. The number of halogens is 1. The number of hydrogen-bond donors (Lipinski definition) is 2. The number of benzene rings is 1. The first kappa shape index (κ1) is 18.3. The van der Waals surface area contributed by atoms with Gasteiger partial charge in [0, 0.05) is 19.0 Å². The van der Waals surface area contributed by atoms with Gasteiger partial charge < -0.3 is 11.1 Å². The molecule has 2 aliphatic rings. The zero-order valence-corrected chi connectivity index (χ0v) is 14.6. The van der Waals surface area contributed by atoms with Gasteiger partial charge in [0.1, 0.15) is 0 Å². The minimum absolute atomic E-state index is 0. The van der Waals surface area contributed by atoms with Crippen LogP contribution in [0.25, 0.3) is 0 Å². The Balaban J connectivity index is 0.00000192. The lowest BCUT2D eigenvalue weighted by Crippen LogP contribution is -2.39. The van der Waals surface area contributed by atoms with E-state index < -0.39 is 0 Å². The zero-order chi connectivity index (χ0) is 15.4. The predicted octanol–water partition coefficient (Wildman–Crippen LogP) is 3.63. The van der Waals surface area contributed by atoms with Gasteiger partial charge in [-0.05, 0) is 61.8 Å². The molecule has 0 spiro atoms. The Morgan fingerprint density at radius 1 is 1.09 bits per heavy atom. The molecule has 1 unspecified atom stereocenters. The van der Waals surface area contributed by atoms with E-state index in [0.717, 1.165) is 0 Å². The molecule has 0 saturated heterocycles. The van der Waals surface area contributed by atoms with Crippen molar-refractivity contribution in [3.05, 3.63) is 35.9 Å². The topological polar surface area (TPSA) is 55.1 Å². The van der Waals surface area contributed by atoms with Gasteiger partial charge in [-0.3, -0.25) is 4.79 Å². The molecule has 3 N–H and O–H groups in total. The molecule has 1 aromatic carbocycles. The molecule has 2 fully saturated rings. The second-order valence-electron chi connectivity index (χ2n) is 7.14. The van der Waals surface area contributed by atoms with E-state index in [1.54, 1.807) is 0 Å². The number of hydrogen-bond acceptors (Lipinski definition) is 2. The highest BCUT2D eigenvalue weighted by atomic mass is 35.5. The van der Waals surface area contributed by atoms with E-state index in [-0.39, 0.29) is 24.4 Å². The fourth-order valence-corrected chi connectivity index (χ4v) is 3.68. The van der Waals surface area contributed by atoms with Gasteiger partial charge >= 0.3 is 0 Å². The molecule has 128 valence electrons. The quantitative estimate of drug-likeness (QED) is 0.833. The molecule has 4 heteroatoms. The van der Waals surface area contributed by atoms with Crippen molar-refractivity contribution in [1.82, 2.24) is 5.32 Å². The average Bonchev–Trinajstić information content (AvgIpc) is 3.39. The molecule has 0 aromatic heterocycles. The Labute approximate surface area is 145 Å². The highest BCUT2D eigenvalue weighted by molar-refractivity contribution is 5.85. The van der Waals surface area contributed by atoms with Crippen molar-refractivity contribution in [2.24, 2.45) is 17.6 Å². The summed E-state index contributed by atoms with van der Waals surface area (Å²) in [5, 5.41) is 3.03. The largest absolute Gasteiger partial charge is 0.355 e. The molecule has 0 heterocycles. The summed E-state index contributed by atoms with van der Waals surface area (Å²) in [6.45, 7) is 0.656. The van der Waals surface area contributed by atoms with Crippen molar-refractivity contribution >= 4 is 18.3 Å². The van der Waals surface area contributed by atoms with E-state index in [0.29, 0.717) is 30.7 Å². The van der Waals surface area contributed by atoms with Crippen molar-refractivity contribution in [3.8, 4) is 0 Å². The summed E-state index contributed by atoms with van der Waals surface area (Å²) >= 11 is 0. The second kappa shape index (κ2) is 8.70. The van der Waals surface area contributed by atoms with Crippen LogP contribution in [0.3, 0.4) is 0 Å². The maximum atomic E-state index is 12.0. The number of carbonyl (C=O) groups excluding carboxylic acids is 1. The third-order valence-electron chi connectivity index (χ3n) is 5.35. The van der Waals surface area contributed by atoms with Crippen LogP contribution in [-0.4, -0.2) is 18.5 Å². The molecule has 3 rings (SSSR count). The van der Waals surface area contributed by atoms with Crippen molar-refractivity contribution in [2.75, 3.05) is 6.54 Å². The van der Waals surface area contributed by atoms with Crippen molar-refractivity contribution in [1.29, 1.82) is 0 Å². The first-order chi connectivity index (χ1) is 10.7. The molecule has 0 aliphatic heterocycles. The van der Waals surface area contributed by atoms with Crippen LogP contribution in [0.1, 0.15) is 56.4 Å². The van der Waals surface area contributed by atoms with Crippen molar-refractivity contribution < 1.29 is 4.79 Å². The SMILES string of the molecule is Cl.NC(CNC(=O)CC1CCC(c2ccccc2)CC1)C1CC1. The summed E-state index contributed by atoms with van der Waals surface area (Å²) in [7, 11) is 0. The number of carbonyl (C=O) groups is 1. The second-order valence-corrected chi connectivity index (χ2v) is 7.14. The molecular formula is C19H29ClN2O. The average molecular weight is 337 g/mol. The fraction of sp³-hybridized carbons (Fsp3) is 0.632. The molecule has 2 aliphatic carbocycles. The standard InChI is InChI=1S/C19H28N2O.ClH/c20-18(17-10-11-17)13-21-19(22)12-14-6-8-16(9-7-14)15-4-2-1-3-5-15;/h1-5,14,16-18H,6-13,20H2,(H,21,22);1H. The van der Waals surface area contributed by atoms with Crippen LogP contribution < -0.4 is 11.1 Å². The first-order valence-corrected chi connectivity index (χ1v) is 8.79. The summed E-state index contributed by atoms with van der Waals surface area (Å²) in [5.41, 5.74) is 7.49. The van der Waals surface area contributed by atoms with Crippen LogP contribution >= 0.6 is 12.4 Å². The third kappa shape index (κ3) is 5.50. The number of rotatable bonds is 6. The molecule has 3 nitrogen and oxygen atoms in total. The lowest BCUT2D eigenvalue weighted by Gasteiger charge is -2.28. The summed E-state index contributed by atoms with van der Waals surface area (Å²) in [6, 6.07) is 11.0. The van der Waals surface area contributed by atoms with E-state index >= 15 is 0 Å². The Morgan fingerprint density at radius 2 is 1.74 bits per heavy atom. The summed E-state index contributed by atoms with van der Waals surface area (Å²) in [4.78, 5) is 12.0. The van der Waals surface area contributed by atoms with E-state index in [1.807, 2.05) is 0 Å². The van der Waals surface area contributed by atoms with Gasteiger partial charge in [0.25, 0.3) is 0 Å². The van der Waals surface area contributed by atoms with Crippen LogP contribution in [-0.2, 0) is 4.79 Å². The van der Waals surface area contributed by atoms with Gasteiger partial charge in [-0.15, -0.1) is 12.4 Å². The predicted molar refractivity (Wildman–Crippen MR) is 96.7 cm³/mol. The normalized spacial score (nSPS) is 25.3. The monoisotopic (exact) mass is 336 g/mol. The van der Waals surface area contributed by atoms with Gasteiger partial charge in [-0.1, -0.05) is 30.3 Å². The molecule has 0 bridgehead atoms. The number of nitrogens with two attached hydrogens (primary N) is 1. The van der Waals surface area contributed by atoms with Gasteiger partial charge in [0.05, 0.1) is 0 Å². The molecular weight excluding hydrogens is 308 g/mol. The van der Waals surface area contributed by atoms with Crippen LogP contribution in [0.2, 0.25) is 0 Å². The van der Waals surface area contributed by atoms with E-state index in [4.69, 9.17) is 5.73 Å². The molecule has 1 aromatic rings. The number of nitrogens with one attached hydrogen (secondary N) is 1. The Kier molecular flexibility index (Phi) is 6.91. The Bertz CT molecular complexity index is 481. The van der Waals surface area contributed by atoms with Crippen LogP contribution in [0.15, 0.2) is 30.3 Å². The van der Waals surface area contributed by atoms with Gasteiger partial charge in [0.15, 0.2) is 0 Å². The lowest BCUT2D eigenvalue weighted by atomic mass is 9.77. The molecule has 0 radical (unpaired) electrons. The molecule has 2 saturated carbocycles. The van der Waals surface area contributed by atoms with Crippen LogP contribution in [0, 0.1) is 11.8 Å². The first-order valence-electron chi connectivity index (χ1n) is 8.79. The summed E-state index contributed by atoms with van der Waals surface area (Å²) in [5.74, 6) is 2.08. The summed E-state index contributed by atoms with van der Waals surface area (Å²) in [6.07, 6.45) is 7.91. The van der Waals surface area contributed by atoms with Crippen molar-refractivity contribution in [2.45, 2.75) is 56.9 Å². The third-order valence-corrected chi connectivity index (χ3v) is 5.35. The smallest absolute Gasteiger partial charge is 0.220 e. The minimum atomic E-state index is 0. The van der Waals surface area contributed by atoms with Gasteiger partial charge in [-0.25, -0.2) is 0 Å². The molecule has 1 amide bonds. The molecule has 23 heavy (non-hydrogen) atoms. The lowest BCUT2D eigenvalue weighted by molar-refractivity contribution is -0.122. The maximum Gasteiger partial charge on any atom is 0.220 e. The van der Waals surface area contributed by atoms with Crippen LogP contribution in [0.4, 0.5) is 0 Å². The summed E-state index contributed by atoms with van der Waals surface area (Å²) < 4.78 is 0. The Morgan fingerprint density at radius 3 is 2.35 bits per heavy atom. The highest BCUT2D eigenvalue weighted by Crippen LogP contribution is 2.37. The Hall–Kier alpha value is -1.06.